The van der Waals surface area contributed by atoms with Gasteiger partial charge in [0, 0.05) is 11.3 Å². The number of nitrogens with one attached hydrogen (secondary N) is 1. The van der Waals surface area contributed by atoms with Crippen molar-refractivity contribution in [3.05, 3.63) is 23.7 Å². The number of hydrogen-bond donors (Lipinski definition) is 1. The maximum atomic E-state index is 12.0. The van der Waals surface area contributed by atoms with Crippen LogP contribution in [-0.2, 0) is 4.79 Å². The molecule has 94 valence electrons. The number of anilines is 1. The van der Waals surface area contributed by atoms with Crippen molar-refractivity contribution in [2.24, 2.45) is 0 Å². The van der Waals surface area contributed by atoms with Gasteiger partial charge >= 0.3 is 0 Å². The van der Waals surface area contributed by atoms with Crippen molar-refractivity contribution in [1.29, 1.82) is 0 Å². The molecule has 0 aromatic carbocycles. The van der Waals surface area contributed by atoms with Crippen LogP contribution in [0.2, 0.25) is 0 Å². The minimum atomic E-state index is -0.388. The highest BCUT2D eigenvalue weighted by Gasteiger charge is 2.26. The van der Waals surface area contributed by atoms with E-state index in [9.17, 15) is 4.79 Å². The van der Waals surface area contributed by atoms with Gasteiger partial charge in [0.15, 0.2) is 5.13 Å². The number of amides is 1. The molecular formula is C11H13N5OS. The first-order valence-electron chi connectivity index (χ1n) is 5.84. The maximum absolute atomic E-state index is 12.0. The van der Waals surface area contributed by atoms with Gasteiger partial charge in [0.05, 0.1) is 5.69 Å². The lowest BCUT2D eigenvalue weighted by atomic mass is 10.3. The van der Waals surface area contributed by atoms with Gasteiger partial charge in [-0.25, -0.2) is 14.6 Å². The van der Waals surface area contributed by atoms with E-state index in [-0.39, 0.29) is 11.9 Å². The summed E-state index contributed by atoms with van der Waals surface area (Å²) < 4.78 is 1.52. The van der Waals surface area contributed by atoms with Crippen molar-refractivity contribution in [1.82, 2.24) is 19.7 Å². The van der Waals surface area contributed by atoms with Crippen LogP contribution in [0.1, 0.15) is 37.4 Å². The van der Waals surface area contributed by atoms with Crippen LogP contribution >= 0.6 is 11.3 Å². The van der Waals surface area contributed by atoms with Crippen molar-refractivity contribution in [2.75, 3.05) is 5.32 Å². The molecule has 0 bridgehead atoms. The summed E-state index contributed by atoms with van der Waals surface area (Å²) in [4.78, 5) is 20.2. The van der Waals surface area contributed by atoms with Crippen LogP contribution in [0.5, 0.6) is 0 Å². The van der Waals surface area contributed by atoms with E-state index in [4.69, 9.17) is 0 Å². The normalized spacial score (nSPS) is 16.5. The molecule has 0 spiro atoms. The Labute approximate surface area is 108 Å². The Hall–Kier alpha value is -1.76. The molecule has 0 radical (unpaired) electrons. The number of nitrogens with zero attached hydrogens (tertiary/aromatic N) is 4. The first kappa shape index (κ1) is 11.3. The zero-order valence-corrected chi connectivity index (χ0v) is 10.7. The molecule has 7 heteroatoms. The van der Waals surface area contributed by atoms with Crippen LogP contribution < -0.4 is 5.32 Å². The van der Waals surface area contributed by atoms with E-state index in [1.54, 1.807) is 6.92 Å². The molecule has 1 unspecified atom stereocenters. The van der Waals surface area contributed by atoms with Gasteiger partial charge in [-0.1, -0.05) is 0 Å². The molecule has 1 aliphatic carbocycles. The molecule has 1 aliphatic rings. The molecule has 0 saturated heterocycles. The first-order chi connectivity index (χ1) is 8.74. The van der Waals surface area contributed by atoms with Crippen molar-refractivity contribution < 1.29 is 4.79 Å². The highest BCUT2D eigenvalue weighted by Crippen LogP contribution is 2.40. The van der Waals surface area contributed by atoms with Crippen LogP contribution in [0.3, 0.4) is 0 Å². The quantitative estimate of drug-likeness (QED) is 0.913. The fourth-order valence-electron chi connectivity index (χ4n) is 1.66. The molecular weight excluding hydrogens is 250 g/mol. The summed E-state index contributed by atoms with van der Waals surface area (Å²) in [6.45, 7) is 1.78. The molecule has 1 saturated carbocycles. The summed E-state index contributed by atoms with van der Waals surface area (Å²) in [5.74, 6) is 0.483. The minimum Gasteiger partial charge on any atom is -0.300 e. The third-order valence-corrected chi connectivity index (χ3v) is 3.74. The largest absolute Gasteiger partial charge is 0.300 e. The van der Waals surface area contributed by atoms with E-state index in [2.05, 4.69) is 20.4 Å². The second-order valence-corrected chi connectivity index (χ2v) is 5.25. The van der Waals surface area contributed by atoms with E-state index in [1.807, 2.05) is 5.38 Å². The molecule has 2 aromatic heterocycles. The number of aromatic nitrogens is 4. The smallest absolute Gasteiger partial charge is 0.250 e. The lowest BCUT2D eigenvalue weighted by molar-refractivity contribution is -0.119. The highest BCUT2D eigenvalue weighted by atomic mass is 32.1. The van der Waals surface area contributed by atoms with Crippen molar-refractivity contribution in [3.63, 3.8) is 0 Å². The molecule has 18 heavy (non-hydrogen) atoms. The van der Waals surface area contributed by atoms with Crippen molar-refractivity contribution >= 4 is 22.4 Å². The Balaban J connectivity index is 1.66. The van der Waals surface area contributed by atoms with Gasteiger partial charge in [0.25, 0.3) is 5.91 Å². The SMILES string of the molecule is CC(C(=O)Nc1nc(C2CC2)cs1)n1cncn1. The van der Waals surface area contributed by atoms with E-state index >= 15 is 0 Å². The molecule has 1 fully saturated rings. The molecule has 1 N–H and O–H groups in total. The van der Waals surface area contributed by atoms with Crippen LogP contribution in [0, 0.1) is 0 Å². The fourth-order valence-corrected chi connectivity index (χ4v) is 2.45. The third-order valence-electron chi connectivity index (χ3n) is 2.96. The number of hydrogen-bond acceptors (Lipinski definition) is 5. The van der Waals surface area contributed by atoms with Gasteiger partial charge in [0.1, 0.15) is 18.7 Å². The second-order valence-electron chi connectivity index (χ2n) is 4.39. The van der Waals surface area contributed by atoms with Gasteiger partial charge in [-0.2, -0.15) is 5.10 Å². The highest BCUT2D eigenvalue weighted by molar-refractivity contribution is 7.13. The first-order valence-corrected chi connectivity index (χ1v) is 6.72. The lowest BCUT2D eigenvalue weighted by Gasteiger charge is -2.09. The summed E-state index contributed by atoms with van der Waals surface area (Å²) in [7, 11) is 0. The monoisotopic (exact) mass is 263 g/mol. The lowest BCUT2D eigenvalue weighted by Crippen LogP contribution is -2.23. The van der Waals surface area contributed by atoms with Crippen molar-refractivity contribution in [2.45, 2.75) is 31.7 Å². The maximum Gasteiger partial charge on any atom is 0.250 e. The van der Waals surface area contributed by atoms with Gasteiger partial charge in [0.2, 0.25) is 0 Å². The average Bonchev–Trinajstić information content (AvgIpc) is 2.91. The minimum absolute atomic E-state index is 0.128. The molecule has 3 rings (SSSR count). The number of thiazole rings is 1. The van der Waals surface area contributed by atoms with Crippen LogP contribution in [0.15, 0.2) is 18.0 Å². The van der Waals surface area contributed by atoms with E-state index in [1.165, 1.54) is 41.5 Å². The van der Waals surface area contributed by atoms with Gasteiger partial charge < -0.3 is 5.32 Å². The molecule has 1 atom stereocenters. The van der Waals surface area contributed by atoms with Gasteiger partial charge in [-0.05, 0) is 19.8 Å². The van der Waals surface area contributed by atoms with Gasteiger partial charge in [-0.15, -0.1) is 11.3 Å². The standard InChI is InChI=1S/C11H13N5OS/c1-7(16-6-12-5-13-16)10(17)15-11-14-9(4-18-11)8-2-3-8/h4-8H,2-3H2,1H3,(H,14,15,17). The molecule has 2 aromatic rings. The molecule has 6 nitrogen and oxygen atoms in total. The van der Waals surface area contributed by atoms with E-state index in [0.717, 1.165) is 5.69 Å². The third kappa shape index (κ3) is 2.26. The van der Waals surface area contributed by atoms with E-state index in [0.29, 0.717) is 11.0 Å². The summed E-state index contributed by atoms with van der Waals surface area (Å²) in [6, 6.07) is -0.388. The molecule has 2 heterocycles. The van der Waals surface area contributed by atoms with Crippen molar-refractivity contribution in [3.8, 4) is 0 Å². The Kier molecular flexibility index (Phi) is 2.83. The van der Waals surface area contributed by atoms with Crippen LogP contribution in [-0.4, -0.2) is 25.7 Å². The predicted octanol–water partition coefficient (Wildman–Crippen LogP) is 1.81. The van der Waals surface area contributed by atoms with E-state index < -0.39 is 0 Å². The Morgan fingerprint density at radius 3 is 3.11 bits per heavy atom. The number of carbonyl (C=O) groups excluding carboxylic acids is 1. The second kappa shape index (κ2) is 4.49. The Bertz CT molecular complexity index is 546. The molecule has 1 amide bonds. The predicted molar refractivity (Wildman–Crippen MR) is 67.5 cm³/mol. The molecule has 0 aliphatic heterocycles. The van der Waals surface area contributed by atoms with Gasteiger partial charge in [-0.3, -0.25) is 4.79 Å². The zero-order chi connectivity index (χ0) is 12.5. The zero-order valence-electron chi connectivity index (χ0n) is 9.91. The average molecular weight is 263 g/mol. The summed E-state index contributed by atoms with van der Waals surface area (Å²) in [6.07, 6.45) is 5.37. The number of carbonyl (C=O) groups is 1. The Morgan fingerprint density at radius 1 is 1.61 bits per heavy atom. The fraction of sp³-hybridized carbons (Fsp3) is 0.455. The summed E-state index contributed by atoms with van der Waals surface area (Å²) >= 11 is 1.47. The topological polar surface area (TPSA) is 72.7 Å². The summed E-state index contributed by atoms with van der Waals surface area (Å²) in [5.41, 5.74) is 1.10. The Morgan fingerprint density at radius 2 is 2.44 bits per heavy atom. The summed E-state index contributed by atoms with van der Waals surface area (Å²) in [5, 5.41) is 9.45. The van der Waals surface area contributed by atoms with Crippen LogP contribution in [0.4, 0.5) is 5.13 Å². The number of rotatable bonds is 4. The van der Waals surface area contributed by atoms with Crippen LogP contribution in [0.25, 0.3) is 0 Å².